The lowest BCUT2D eigenvalue weighted by Gasteiger charge is -2.33. The van der Waals surface area contributed by atoms with Crippen molar-refractivity contribution in [1.82, 2.24) is 15.5 Å². The van der Waals surface area contributed by atoms with Gasteiger partial charge in [-0.25, -0.2) is 4.79 Å². The number of carbonyl (C=O) groups excluding carboxylic acids is 3. The van der Waals surface area contributed by atoms with Gasteiger partial charge in [-0.15, -0.1) is 0 Å². The van der Waals surface area contributed by atoms with Crippen molar-refractivity contribution in [3.05, 3.63) is 0 Å². The minimum atomic E-state index is -0.764. The van der Waals surface area contributed by atoms with Crippen LogP contribution >= 0.6 is 0 Å². The molecule has 0 aromatic heterocycles. The van der Waals surface area contributed by atoms with E-state index in [4.69, 9.17) is 0 Å². The predicted molar refractivity (Wildman–Crippen MR) is 78.5 cm³/mol. The fourth-order valence-electron chi connectivity index (χ4n) is 2.98. The summed E-state index contributed by atoms with van der Waals surface area (Å²) in [6.45, 7) is 5.84. The van der Waals surface area contributed by atoms with Crippen molar-refractivity contribution in [2.45, 2.75) is 64.5 Å². The number of nitrogens with zero attached hydrogens (tertiary/aromatic N) is 1. The molecule has 1 spiro atoms. The zero-order valence-corrected chi connectivity index (χ0v) is 13.1. The lowest BCUT2D eigenvalue weighted by atomic mass is 9.77. The Morgan fingerprint density at radius 3 is 2.62 bits per heavy atom. The molecule has 1 aliphatic carbocycles. The summed E-state index contributed by atoms with van der Waals surface area (Å²) in [6.07, 6.45) is 4.01. The molecule has 0 radical (unpaired) electrons. The van der Waals surface area contributed by atoms with E-state index >= 15 is 0 Å². The van der Waals surface area contributed by atoms with E-state index < -0.39 is 11.6 Å². The first-order valence-corrected chi connectivity index (χ1v) is 7.81. The number of urea groups is 1. The Hall–Kier alpha value is -1.59. The molecule has 1 atom stereocenters. The Morgan fingerprint density at radius 2 is 2.05 bits per heavy atom. The van der Waals surface area contributed by atoms with Gasteiger partial charge < -0.3 is 10.6 Å². The van der Waals surface area contributed by atoms with Gasteiger partial charge in [0, 0.05) is 6.04 Å². The minimum Gasteiger partial charge on any atom is -0.352 e. The van der Waals surface area contributed by atoms with Gasteiger partial charge in [-0.05, 0) is 44.9 Å². The second-order valence-corrected chi connectivity index (χ2v) is 6.46. The summed E-state index contributed by atoms with van der Waals surface area (Å²) in [5.74, 6) is 0.0656. The monoisotopic (exact) mass is 295 g/mol. The zero-order chi connectivity index (χ0) is 15.6. The van der Waals surface area contributed by atoms with Crippen molar-refractivity contribution in [1.29, 1.82) is 0 Å². The Balaban J connectivity index is 2.00. The second kappa shape index (κ2) is 6.03. The lowest BCUT2D eigenvalue weighted by molar-refractivity contribution is -0.136. The molecule has 6 nitrogen and oxygen atoms in total. The smallest absolute Gasteiger partial charge is 0.325 e. The Morgan fingerprint density at radius 1 is 1.43 bits per heavy atom. The molecule has 4 amide bonds. The Kier molecular flexibility index (Phi) is 4.54. The van der Waals surface area contributed by atoms with Gasteiger partial charge in [0.25, 0.3) is 5.91 Å². The number of hydrogen-bond donors (Lipinski definition) is 2. The molecule has 21 heavy (non-hydrogen) atoms. The van der Waals surface area contributed by atoms with Crippen LogP contribution in [0.5, 0.6) is 0 Å². The predicted octanol–water partition coefficient (Wildman–Crippen LogP) is 1.40. The van der Waals surface area contributed by atoms with Crippen molar-refractivity contribution in [3.8, 4) is 0 Å². The van der Waals surface area contributed by atoms with Crippen molar-refractivity contribution < 1.29 is 14.4 Å². The fraction of sp³-hybridized carbons (Fsp3) is 0.800. The van der Waals surface area contributed by atoms with Gasteiger partial charge in [-0.2, -0.15) is 0 Å². The minimum absolute atomic E-state index is 0.0442. The molecule has 1 saturated heterocycles. The van der Waals surface area contributed by atoms with E-state index in [-0.39, 0.29) is 24.4 Å². The number of rotatable bonds is 4. The molecule has 1 heterocycles. The van der Waals surface area contributed by atoms with Gasteiger partial charge in [0.2, 0.25) is 5.91 Å². The van der Waals surface area contributed by atoms with E-state index in [1.807, 2.05) is 13.8 Å². The van der Waals surface area contributed by atoms with E-state index in [2.05, 4.69) is 17.6 Å². The van der Waals surface area contributed by atoms with Gasteiger partial charge in [-0.1, -0.05) is 13.8 Å². The first-order chi connectivity index (χ1) is 9.88. The maximum atomic E-state index is 12.6. The quantitative estimate of drug-likeness (QED) is 0.770. The van der Waals surface area contributed by atoms with E-state index in [9.17, 15) is 14.4 Å². The highest BCUT2D eigenvalue weighted by molar-refractivity contribution is 6.09. The summed E-state index contributed by atoms with van der Waals surface area (Å²) in [5.41, 5.74) is -0.764. The third-order valence-electron chi connectivity index (χ3n) is 4.70. The molecule has 0 aromatic carbocycles. The first-order valence-electron chi connectivity index (χ1n) is 7.81. The maximum Gasteiger partial charge on any atom is 0.325 e. The van der Waals surface area contributed by atoms with Gasteiger partial charge in [0.15, 0.2) is 0 Å². The third-order valence-corrected chi connectivity index (χ3v) is 4.70. The summed E-state index contributed by atoms with van der Waals surface area (Å²) in [5, 5.41) is 5.60. The Bertz CT molecular complexity index is 441. The molecule has 1 aliphatic heterocycles. The molecule has 2 fully saturated rings. The average Bonchev–Trinajstić information content (AvgIpc) is 2.67. The summed E-state index contributed by atoms with van der Waals surface area (Å²) in [6, 6.07) is -0.392. The van der Waals surface area contributed by atoms with Gasteiger partial charge in [-0.3, -0.25) is 14.5 Å². The fourth-order valence-corrected chi connectivity index (χ4v) is 2.98. The SMILES string of the molecule is CCC(C)NC(=O)CN1C(=O)NC2(CCC(C)CC2)C1=O. The van der Waals surface area contributed by atoms with Crippen LogP contribution in [0.1, 0.15) is 52.9 Å². The number of hydrogen-bond acceptors (Lipinski definition) is 3. The highest BCUT2D eigenvalue weighted by Crippen LogP contribution is 2.36. The number of nitrogens with one attached hydrogen (secondary N) is 2. The van der Waals surface area contributed by atoms with Crippen LogP contribution in [-0.2, 0) is 9.59 Å². The van der Waals surface area contributed by atoms with Crippen LogP contribution in [0, 0.1) is 5.92 Å². The second-order valence-electron chi connectivity index (χ2n) is 6.46. The van der Waals surface area contributed by atoms with E-state index in [0.29, 0.717) is 18.8 Å². The largest absolute Gasteiger partial charge is 0.352 e. The first kappa shape index (κ1) is 15.8. The van der Waals surface area contributed by atoms with E-state index in [1.165, 1.54) is 0 Å². The van der Waals surface area contributed by atoms with Crippen molar-refractivity contribution in [2.75, 3.05) is 6.54 Å². The molecule has 118 valence electrons. The van der Waals surface area contributed by atoms with Crippen LogP contribution in [-0.4, -0.2) is 40.9 Å². The average molecular weight is 295 g/mol. The number of carbonyl (C=O) groups is 3. The maximum absolute atomic E-state index is 12.6. The van der Waals surface area contributed by atoms with Crippen LogP contribution in [0.25, 0.3) is 0 Å². The lowest BCUT2D eigenvalue weighted by Crippen LogP contribution is -2.50. The summed E-state index contributed by atoms with van der Waals surface area (Å²) < 4.78 is 0. The molecule has 0 aromatic rings. The van der Waals surface area contributed by atoms with Crippen molar-refractivity contribution in [3.63, 3.8) is 0 Å². The number of amides is 4. The molecule has 0 bridgehead atoms. The van der Waals surface area contributed by atoms with E-state index in [0.717, 1.165) is 24.2 Å². The number of imide groups is 1. The normalized spacial score (nSPS) is 30.4. The van der Waals surface area contributed by atoms with Crippen LogP contribution in [0.4, 0.5) is 4.79 Å². The molecule has 1 unspecified atom stereocenters. The molecular formula is C15H25N3O3. The van der Waals surface area contributed by atoms with Gasteiger partial charge in [0.1, 0.15) is 12.1 Å². The highest BCUT2D eigenvalue weighted by Gasteiger charge is 2.52. The van der Waals surface area contributed by atoms with E-state index in [1.54, 1.807) is 0 Å². The highest BCUT2D eigenvalue weighted by atomic mass is 16.2. The third kappa shape index (κ3) is 3.19. The molecule has 2 aliphatic rings. The van der Waals surface area contributed by atoms with Crippen LogP contribution < -0.4 is 10.6 Å². The summed E-state index contributed by atoms with van der Waals surface area (Å²) in [7, 11) is 0. The van der Waals surface area contributed by atoms with Crippen LogP contribution in [0.15, 0.2) is 0 Å². The molecule has 1 saturated carbocycles. The molecular weight excluding hydrogens is 270 g/mol. The summed E-state index contributed by atoms with van der Waals surface area (Å²) in [4.78, 5) is 37.6. The Labute approximate surface area is 125 Å². The molecule has 2 rings (SSSR count). The molecule has 2 N–H and O–H groups in total. The summed E-state index contributed by atoms with van der Waals surface area (Å²) >= 11 is 0. The van der Waals surface area contributed by atoms with Gasteiger partial charge >= 0.3 is 6.03 Å². The van der Waals surface area contributed by atoms with Crippen molar-refractivity contribution >= 4 is 17.8 Å². The topological polar surface area (TPSA) is 78.5 Å². The molecule has 6 heteroatoms. The van der Waals surface area contributed by atoms with Crippen LogP contribution in [0.2, 0.25) is 0 Å². The van der Waals surface area contributed by atoms with Crippen LogP contribution in [0.3, 0.4) is 0 Å². The van der Waals surface area contributed by atoms with Crippen molar-refractivity contribution in [2.24, 2.45) is 5.92 Å². The van der Waals surface area contributed by atoms with Gasteiger partial charge in [0.05, 0.1) is 0 Å². The standard InChI is InChI=1S/C15H25N3O3/c1-4-11(3)16-12(19)9-18-13(20)15(17-14(18)21)7-5-10(2)6-8-15/h10-11H,4-9H2,1-3H3,(H,16,19)(H,17,21). The zero-order valence-electron chi connectivity index (χ0n) is 13.1.